The number of aromatic amines is 1. The predicted molar refractivity (Wildman–Crippen MR) is 97.6 cm³/mol. The molecule has 3 aromatic rings. The fraction of sp³-hybridized carbons (Fsp3) is 0.158. The molecule has 2 aromatic carbocycles. The Morgan fingerprint density at radius 3 is 2.31 bits per heavy atom. The largest absolute Gasteiger partial charge is 0.489 e. The number of nitrogens with one attached hydrogen (secondary N) is 1. The van der Waals surface area contributed by atoms with Gasteiger partial charge in [-0.3, -0.25) is 9.36 Å². The minimum atomic E-state index is -4.87. The van der Waals surface area contributed by atoms with Crippen LogP contribution in [0.15, 0.2) is 58.1 Å². The lowest BCUT2D eigenvalue weighted by atomic mass is 10.2. The van der Waals surface area contributed by atoms with Gasteiger partial charge in [-0.1, -0.05) is 29.8 Å². The summed E-state index contributed by atoms with van der Waals surface area (Å²) in [7, 11) is 0. The van der Waals surface area contributed by atoms with Crippen LogP contribution in [0.1, 0.15) is 16.8 Å². The third-order valence-electron chi connectivity index (χ3n) is 4.00. The Bertz CT molecular complexity index is 1110. The zero-order chi connectivity index (χ0) is 21.2. The second-order valence-electron chi connectivity index (χ2n) is 6.08. The van der Waals surface area contributed by atoms with Gasteiger partial charge in [0.1, 0.15) is 23.9 Å². The van der Waals surface area contributed by atoms with Crippen LogP contribution in [0, 0.1) is 5.82 Å². The van der Waals surface area contributed by atoms with Crippen LogP contribution in [0.3, 0.4) is 0 Å². The Balaban J connectivity index is 1.76. The number of hydrogen-bond donors (Lipinski definition) is 1. The molecule has 3 rings (SSSR count). The highest BCUT2D eigenvalue weighted by Crippen LogP contribution is 2.25. The summed E-state index contributed by atoms with van der Waals surface area (Å²) >= 11 is 5.79. The topological polar surface area (TPSA) is 64.1 Å². The molecule has 0 aliphatic heterocycles. The molecule has 1 N–H and O–H groups in total. The summed E-state index contributed by atoms with van der Waals surface area (Å²) in [5, 5.41) is 0.567. The summed E-state index contributed by atoms with van der Waals surface area (Å²) < 4.78 is 58.2. The number of hydrogen-bond acceptors (Lipinski definition) is 3. The molecule has 0 unspecified atom stereocenters. The Morgan fingerprint density at radius 2 is 1.72 bits per heavy atom. The first kappa shape index (κ1) is 20.7. The van der Waals surface area contributed by atoms with E-state index in [1.807, 2.05) is 0 Å². The first-order chi connectivity index (χ1) is 13.6. The van der Waals surface area contributed by atoms with Crippen LogP contribution in [0.2, 0.25) is 5.02 Å². The fourth-order valence-electron chi connectivity index (χ4n) is 2.49. The SMILES string of the molecule is O=c1cc(C(F)(F)F)[nH]c(=O)n1Cc1ccc(OCc2ccc(Cl)cc2)cc1F. The molecule has 0 aliphatic rings. The molecule has 29 heavy (non-hydrogen) atoms. The van der Waals surface area contributed by atoms with Gasteiger partial charge in [0.05, 0.1) is 6.54 Å². The number of rotatable bonds is 5. The number of H-pyrrole nitrogens is 1. The molecule has 0 saturated heterocycles. The Labute approximate surface area is 166 Å². The molecule has 0 saturated carbocycles. The normalized spacial score (nSPS) is 11.5. The minimum absolute atomic E-state index is 0.0591. The number of alkyl halides is 3. The van der Waals surface area contributed by atoms with Crippen molar-refractivity contribution in [3.8, 4) is 5.75 Å². The zero-order valence-electron chi connectivity index (χ0n) is 14.6. The monoisotopic (exact) mass is 428 g/mol. The van der Waals surface area contributed by atoms with E-state index in [-0.39, 0.29) is 24.0 Å². The van der Waals surface area contributed by atoms with Gasteiger partial charge in [0.15, 0.2) is 0 Å². The fourth-order valence-corrected chi connectivity index (χ4v) is 2.61. The molecular weight excluding hydrogens is 416 g/mol. The van der Waals surface area contributed by atoms with E-state index in [0.717, 1.165) is 11.6 Å². The molecule has 152 valence electrons. The zero-order valence-corrected chi connectivity index (χ0v) is 15.4. The highest BCUT2D eigenvalue weighted by Gasteiger charge is 2.33. The number of halogens is 5. The van der Waals surface area contributed by atoms with Crippen molar-refractivity contribution in [1.82, 2.24) is 9.55 Å². The standard InChI is InChI=1S/C19H13ClF4N2O3/c20-13-4-1-11(2-5-13)10-29-14-6-3-12(15(21)7-14)9-26-17(27)8-16(19(22,23)24)25-18(26)28/h1-8H,9-10H2,(H,25,28). The number of benzene rings is 2. The van der Waals surface area contributed by atoms with Crippen LogP contribution in [-0.2, 0) is 19.3 Å². The lowest BCUT2D eigenvalue weighted by molar-refractivity contribution is -0.141. The molecule has 0 atom stereocenters. The van der Waals surface area contributed by atoms with E-state index >= 15 is 0 Å². The van der Waals surface area contributed by atoms with E-state index in [2.05, 4.69) is 0 Å². The van der Waals surface area contributed by atoms with Crippen LogP contribution in [0.25, 0.3) is 0 Å². The maximum Gasteiger partial charge on any atom is 0.431 e. The van der Waals surface area contributed by atoms with Crippen molar-refractivity contribution in [2.24, 2.45) is 0 Å². The molecule has 0 bridgehead atoms. The molecule has 10 heteroatoms. The Morgan fingerprint density at radius 1 is 1.03 bits per heavy atom. The van der Waals surface area contributed by atoms with Crippen LogP contribution >= 0.6 is 11.6 Å². The van der Waals surface area contributed by atoms with Crippen molar-refractivity contribution in [3.63, 3.8) is 0 Å². The maximum atomic E-state index is 14.3. The van der Waals surface area contributed by atoms with Crippen molar-refractivity contribution in [2.75, 3.05) is 0 Å². The van der Waals surface area contributed by atoms with Gasteiger partial charge in [0.2, 0.25) is 0 Å². The second-order valence-corrected chi connectivity index (χ2v) is 6.52. The molecule has 5 nitrogen and oxygen atoms in total. The Kier molecular flexibility index (Phi) is 5.78. The van der Waals surface area contributed by atoms with Crippen LogP contribution in [0.5, 0.6) is 5.75 Å². The van der Waals surface area contributed by atoms with Gasteiger partial charge in [0, 0.05) is 22.7 Å². The van der Waals surface area contributed by atoms with Crippen molar-refractivity contribution in [2.45, 2.75) is 19.3 Å². The van der Waals surface area contributed by atoms with Gasteiger partial charge < -0.3 is 9.72 Å². The average Bonchev–Trinajstić information content (AvgIpc) is 2.64. The Hall–Kier alpha value is -3.07. The predicted octanol–water partition coefficient (Wildman–Crippen LogP) is 3.98. The second kappa shape index (κ2) is 8.12. The van der Waals surface area contributed by atoms with Crippen molar-refractivity contribution >= 4 is 11.6 Å². The van der Waals surface area contributed by atoms with Gasteiger partial charge in [-0.15, -0.1) is 0 Å². The van der Waals surface area contributed by atoms with E-state index in [0.29, 0.717) is 9.59 Å². The van der Waals surface area contributed by atoms with Gasteiger partial charge in [0.25, 0.3) is 5.56 Å². The first-order valence-electron chi connectivity index (χ1n) is 8.20. The lowest BCUT2D eigenvalue weighted by Crippen LogP contribution is -2.37. The summed E-state index contributed by atoms with van der Waals surface area (Å²) in [6.45, 7) is -0.371. The molecule has 1 heterocycles. The summed E-state index contributed by atoms with van der Waals surface area (Å²) in [5.41, 5.74) is -3.19. The maximum absolute atomic E-state index is 14.3. The summed E-state index contributed by atoms with van der Waals surface area (Å²) in [5.74, 6) is -0.570. The average molecular weight is 429 g/mol. The van der Waals surface area contributed by atoms with E-state index in [1.54, 1.807) is 29.2 Å². The molecule has 0 amide bonds. The van der Waals surface area contributed by atoms with E-state index in [4.69, 9.17) is 16.3 Å². The quantitative estimate of drug-likeness (QED) is 0.625. The van der Waals surface area contributed by atoms with E-state index < -0.39 is 35.5 Å². The number of aromatic nitrogens is 2. The van der Waals surface area contributed by atoms with Gasteiger partial charge >= 0.3 is 11.9 Å². The molecule has 0 fully saturated rings. The van der Waals surface area contributed by atoms with Crippen LogP contribution < -0.4 is 16.0 Å². The summed E-state index contributed by atoms with van der Waals surface area (Å²) in [6, 6.07) is 10.9. The third-order valence-corrected chi connectivity index (χ3v) is 4.25. The summed E-state index contributed by atoms with van der Waals surface area (Å²) in [4.78, 5) is 25.3. The number of nitrogens with zero attached hydrogens (tertiary/aromatic N) is 1. The number of ether oxygens (including phenoxy) is 1. The van der Waals surface area contributed by atoms with Crippen LogP contribution in [-0.4, -0.2) is 9.55 Å². The highest BCUT2D eigenvalue weighted by molar-refractivity contribution is 6.30. The lowest BCUT2D eigenvalue weighted by Gasteiger charge is -2.11. The molecule has 1 aromatic heterocycles. The highest BCUT2D eigenvalue weighted by atomic mass is 35.5. The van der Waals surface area contributed by atoms with Crippen molar-refractivity contribution in [3.05, 3.63) is 97.0 Å². The third kappa shape index (κ3) is 5.05. The van der Waals surface area contributed by atoms with E-state index in [1.165, 1.54) is 12.1 Å². The molecule has 0 radical (unpaired) electrons. The smallest absolute Gasteiger partial charge is 0.431 e. The van der Waals surface area contributed by atoms with E-state index in [9.17, 15) is 27.2 Å². The van der Waals surface area contributed by atoms with Crippen LogP contribution in [0.4, 0.5) is 17.6 Å². The molecule has 0 spiro atoms. The van der Waals surface area contributed by atoms with Gasteiger partial charge in [-0.2, -0.15) is 13.2 Å². The summed E-state index contributed by atoms with van der Waals surface area (Å²) in [6.07, 6.45) is -4.87. The van der Waals surface area contributed by atoms with Gasteiger partial charge in [-0.25, -0.2) is 9.18 Å². The van der Waals surface area contributed by atoms with Crippen molar-refractivity contribution in [1.29, 1.82) is 0 Å². The molecular formula is C19H13ClF4N2O3. The molecule has 0 aliphatic carbocycles. The first-order valence-corrected chi connectivity index (χ1v) is 8.58. The van der Waals surface area contributed by atoms with Gasteiger partial charge in [-0.05, 0) is 23.8 Å². The minimum Gasteiger partial charge on any atom is -0.489 e. The van der Waals surface area contributed by atoms with Crippen molar-refractivity contribution < 1.29 is 22.3 Å².